The maximum absolute atomic E-state index is 12.7. The zero-order valence-electron chi connectivity index (χ0n) is 20.0. The minimum Gasteiger partial charge on any atom is -0.371 e. The van der Waals surface area contributed by atoms with Gasteiger partial charge in [0.25, 0.3) is 0 Å². The number of carbonyl (C=O) groups is 1. The van der Waals surface area contributed by atoms with Crippen LogP contribution in [0.15, 0.2) is 36.1 Å². The van der Waals surface area contributed by atoms with Crippen LogP contribution in [0.25, 0.3) is 0 Å². The molecule has 0 spiro atoms. The second-order valence-corrected chi connectivity index (χ2v) is 9.27. The van der Waals surface area contributed by atoms with Crippen LogP contribution in [0.2, 0.25) is 0 Å². The summed E-state index contributed by atoms with van der Waals surface area (Å²) in [7, 11) is 4.02. The molecule has 2 aliphatic heterocycles. The van der Waals surface area contributed by atoms with Gasteiger partial charge in [-0.25, -0.2) is 9.82 Å². The number of nitrogens with one attached hydrogen (secondary N) is 1. The number of allylic oxidation sites excluding steroid dienone is 3. The van der Waals surface area contributed by atoms with Crippen molar-refractivity contribution in [1.82, 2.24) is 20.2 Å². The monoisotopic (exact) mass is 436 g/mol. The van der Waals surface area contributed by atoms with Crippen LogP contribution in [0.4, 0.5) is 4.39 Å². The normalized spacial score (nSPS) is 25.8. The molecule has 0 radical (unpaired) electrons. The number of likely N-dealkylation sites (N-methyl/N-ethyl adjacent to an activating group) is 2. The lowest BCUT2D eigenvalue weighted by Gasteiger charge is -2.41. The molecule has 1 N–H and O–H groups in total. The van der Waals surface area contributed by atoms with E-state index in [9.17, 15) is 9.18 Å². The number of amides is 1. The maximum Gasteiger partial charge on any atom is 0.248 e. The van der Waals surface area contributed by atoms with Gasteiger partial charge in [0.1, 0.15) is 13.3 Å². The fraction of sp³-hybridized carbons (Fsp3) is 0.708. The fourth-order valence-corrected chi connectivity index (χ4v) is 4.44. The number of hydrazine groups is 1. The Balaban J connectivity index is 2.02. The Kier molecular flexibility index (Phi) is 9.72. The molecule has 0 bridgehead atoms. The van der Waals surface area contributed by atoms with Gasteiger partial charge in [-0.2, -0.15) is 0 Å². The highest BCUT2D eigenvalue weighted by molar-refractivity contribution is 5.77. The Labute approximate surface area is 187 Å². The molecule has 2 aliphatic rings. The number of hydrogen-bond donors (Lipinski definition) is 1. The van der Waals surface area contributed by atoms with Crippen molar-refractivity contribution in [2.45, 2.75) is 52.1 Å². The number of nitrogens with zero attached hydrogens (tertiary/aromatic N) is 3. The Morgan fingerprint density at radius 1 is 1.45 bits per heavy atom. The van der Waals surface area contributed by atoms with Gasteiger partial charge in [0.15, 0.2) is 0 Å². The third-order valence-electron chi connectivity index (χ3n) is 6.44. The lowest BCUT2D eigenvalue weighted by molar-refractivity contribution is -0.132. The number of rotatable bonds is 10. The highest BCUT2D eigenvalue weighted by Crippen LogP contribution is 2.31. The molecule has 176 valence electrons. The van der Waals surface area contributed by atoms with E-state index in [-0.39, 0.29) is 30.0 Å². The van der Waals surface area contributed by atoms with E-state index in [0.717, 1.165) is 50.2 Å². The predicted octanol–water partition coefficient (Wildman–Crippen LogP) is 3.15. The summed E-state index contributed by atoms with van der Waals surface area (Å²) < 4.78 is 18.4. The van der Waals surface area contributed by atoms with E-state index < -0.39 is 6.67 Å². The van der Waals surface area contributed by atoms with Gasteiger partial charge in [0, 0.05) is 37.6 Å². The van der Waals surface area contributed by atoms with Gasteiger partial charge in [-0.3, -0.25) is 4.79 Å². The Bertz CT molecular complexity index is 678. The van der Waals surface area contributed by atoms with Crippen molar-refractivity contribution < 1.29 is 13.9 Å². The van der Waals surface area contributed by atoms with Gasteiger partial charge < -0.3 is 19.5 Å². The molecule has 0 aromatic heterocycles. The van der Waals surface area contributed by atoms with Crippen LogP contribution in [0.1, 0.15) is 40.0 Å². The lowest BCUT2D eigenvalue weighted by atomic mass is 9.82. The minimum atomic E-state index is -0.476. The molecule has 1 amide bonds. The molecular weight excluding hydrogens is 395 g/mol. The number of alkyl halides is 1. The molecule has 2 heterocycles. The van der Waals surface area contributed by atoms with E-state index in [4.69, 9.17) is 4.74 Å². The van der Waals surface area contributed by atoms with Gasteiger partial charge >= 0.3 is 0 Å². The number of carbonyl (C=O) groups excluding carboxylic acids is 1. The fourth-order valence-electron chi connectivity index (χ4n) is 4.44. The highest BCUT2D eigenvalue weighted by atomic mass is 19.1. The molecule has 0 aromatic rings. The first kappa shape index (κ1) is 25.6. The van der Waals surface area contributed by atoms with Crippen molar-refractivity contribution in [3.05, 3.63) is 36.1 Å². The standard InChI is InChI=1S/C24H41FN4O2/c1-7-20-14-21(26-29(19(3)4)22(20)10-9-12-25)15-27(5)13-11-24(8-2)17-28(6)23(30)16-31-18-24/h7,9-10,19,21,26H,1,8,11-18H2,2-6H3/b10-9-. The quantitative estimate of drug-likeness (QED) is 0.570. The van der Waals surface area contributed by atoms with Crippen molar-refractivity contribution in [3.63, 3.8) is 0 Å². The van der Waals surface area contributed by atoms with Crippen LogP contribution in [0.3, 0.4) is 0 Å². The SMILES string of the molecule is C=CC1=C(/C=C\CF)N(C(C)C)NC(CN(C)CCC2(CC)COCC(=O)N(C)C2)C1. The van der Waals surface area contributed by atoms with Crippen LogP contribution in [-0.4, -0.2) is 86.4 Å². The molecule has 0 saturated carbocycles. The summed E-state index contributed by atoms with van der Waals surface area (Å²) in [6.45, 7) is 13.3. The average Bonchev–Trinajstić information content (AvgIpc) is 2.89. The molecule has 0 aromatic carbocycles. The van der Waals surface area contributed by atoms with Gasteiger partial charge in [0.05, 0.1) is 12.3 Å². The lowest BCUT2D eigenvalue weighted by Crippen LogP contribution is -2.54. The molecule has 2 atom stereocenters. The third kappa shape index (κ3) is 6.89. The van der Waals surface area contributed by atoms with E-state index in [1.54, 1.807) is 6.08 Å². The van der Waals surface area contributed by atoms with E-state index in [0.29, 0.717) is 6.61 Å². The van der Waals surface area contributed by atoms with Gasteiger partial charge in [-0.15, -0.1) is 0 Å². The van der Waals surface area contributed by atoms with E-state index >= 15 is 0 Å². The summed E-state index contributed by atoms with van der Waals surface area (Å²) in [6.07, 6.45) is 8.09. The van der Waals surface area contributed by atoms with Crippen molar-refractivity contribution in [3.8, 4) is 0 Å². The van der Waals surface area contributed by atoms with Crippen molar-refractivity contribution >= 4 is 5.91 Å². The number of hydrogen-bond acceptors (Lipinski definition) is 5. The molecule has 1 fully saturated rings. The van der Waals surface area contributed by atoms with E-state index in [1.807, 2.05) is 24.1 Å². The first-order valence-electron chi connectivity index (χ1n) is 11.4. The van der Waals surface area contributed by atoms with Gasteiger partial charge in [-0.1, -0.05) is 25.7 Å². The summed E-state index contributed by atoms with van der Waals surface area (Å²) in [4.78, 5) is 16.2. The summed E-state index contributed by atoms with van der Waals surface area (Å²) in [5, 5.41) is 2.12. The minimum absolute atomic E-state index is 0.00432. The van der Waals surface area contributed by atoms with Crippen molar-refractivity contribution in [1.29, 1.82) is 0 Å². The number of halogens is 1. The summed E-state index contributed by atoms with van der Waals surface area (Å²) >= 11 is 0. The maximum atomic E-state index is 12.7. The first-order valence-corrected chi connectivity index (χ1v) is 11.4. The van der Waals surface area contributed by atoms with Crippen LogP contribution in [-0.2, 0) is 9.53 Å². The molecule has 7 heteroatoms. The van der Waals surface area contributed by atoms with Crippen LogP contribution in [0, 0.1) is 5.41 Å². The van der Waals surface area contributed by atoms with E-state index in [1.165, 1.54) is 0 Å². The molecule has 0 aliphatic carbocycles. The molecular formula is C24H41FN4O2. The largest absolute Gasteiger partial charge is 0.371 e. The second kappa shape index (κ2) is 11.8. The summed E-state index contributed by atoms with van der Waals surface area (Å²) in [5.74, 6) is 0.0604. The Morgan fingerprint density at radius 2 is 2.19 bits per heavy atom. The van der Waals surface area contributed by atoms with Crippen LogP contribution in [0.5, 0.6) is 0 Å². The molecule has 1 saturated heterocycles. The number of ether oxygens (including phenoxy) is 1. The van der Waals surface area contributed by atoms with Gasteiger partial charge in [0.2, 0.25) is 5.91 Å². The van der Waals surface area contributed by atoms with Crippen LogP contribution < -0.4 is 5.43 Å². The Hall–Kier alpha value is -1.70. The van der Waals surface area contributed by atoms with Crippen molar-refractivity contribution in [2.24, 2.45) is 5.41 Å². The Morgan fingerprint density at radius 3 is 2.81 bits per heavy atom. The highest BCUT2D eigenvalue weighted by Gasteiger charge is 2.35. The molecule has 6 nitrogen and oxygen atoms in total. The smallest absolute Gasteiger partial charge is 0.248 e. The predicted molar refractivity (Wildman–Crippen MR) is 124 cm³/mol. The zero-order valence-corrected chi connectivity index (χ0v) is 20.0. The average molecular weight is 437 g/mol. The topological polar surface area (TPSA) is 48.1 Å². The van der Waals surface area contributed by atoms with Crippen molar-refractivity contribution in [2.75, 3.05) is 53.6 Å². The van der Waals surface area contributed by atoms with Crippen LogP contribution >= 0.6 is 0 Å². The second-order valence-electron chi connectivity index (χ2n) is 9.27. The molecule has 2 rings (SSSR count). The molecule has 31 heavy (non-hydrogen) atoms. The van der Waals surface area contributed by atoms with E-state index in [2.05, 4.69) is 49.7 Å². The first-order chi connectivity index (χ1) is 14.7. The summed E-state index contributed by atoms with van der Waals surface area (Å²) in [6, 6.07) is 0.483. The molecule has 2 unspecified atom stereocenters. The van der Waals surface area contributed by atoms with Gasteiger partial charge in [-0.05, 0) is 58.4 Å². The summed E-state index contributed by atoms with van der Waals surface area (Å²) in [5.41, 5.74) is 5.75. The zero-order chi connectivity index (χ0) is 23.0. The third-order valence-corrected chi connectivity index (χ3v) is 6.44.